The van der Waals surface area contributed by atoms with Gasteiger partial charge in [0.15, 0.2) is 0 Å². The maximum absolute atomic E-state index is 15.0. The number of amides is 2. The van der Waals surface area contributed by atoms with Crippen LogP contribution in [0.1, 0.15) is 64.8 Å². The molecule has 2 amide bonds. The number of hydrogen-bond acceptors (Lipinski definition) is 4. The van der Waals surface area contributed by atoms with Gasteiger partial charge in [-0.1, -0.05) is 25.7 Å². The summed E-state index contributed by atoms with van der Waals surface area (Å²) in [5.74, 6) is -2.08. The minimum absolute atomic E-state index is 0.113. The molecule has 1 aliphatic carbocycles. The van der Waals surface area contributed by atoms with Gasteiger partial charge in [-0.05, 0) is 60.7 Å². The highest BCUT2D eigenvalue weighted by Gasteiger charge is 2.35. The Kier molecular flexibility index (Phi) is 7.12. The number of aromatic amines is 1. The van der Waals surface area contributed by atoms with Gasteiger partial charge < -0.3 is 15.2 Å². The number of aromatic nitrogens is 1. The number of nitrogens with one attached hydrogen (secondary N) is 2. The normalized spacial score (nSPS) is 19.4. The van der Waals surface area contributed by atoms with Gasteiger partial charge in [-0.25, -0.2) is 17.2 Å². The zero-order chi connectivity index (χ0) is 28.0. The standard InChI is InChI=1S/C29H32F2N4O4S/c30-19-16-23-26-21(9-10-32-28(23)36)27(33-25(26)17-19)18-7-8-24(31)22(15-18)29(37)34-11-13-35(14-12-34)40(38,39)20-5-3-1-2-4-6-20/h7-8,15-17,20,33H,1-6,9-14H2,(H,32,36). The molecule has 0 radical (unpaired) electrons. The molecule has 2 fully saturated rings. The third-order valence-corrected chi connectivity index (χ3v) is 10.9. The molecule has 0 bridgehead atoms. The molecule has 1 saturated heterocycles. The maximum atomic E-state index is 15.0. The molecule has 8 nitrogen and oxygen atoms in total. The van der Waals surface area contributed by atoms with E-state index in [0.29, 0.717) is 48.0 Å². The number of benzene rings is 2. The second kappa shape index (κ2) is 10.6. The molecule has 3 aromatic rings. The molecular formula is C29H32F2N4O4S. The van der Waals surface area contributed by atoms with Crippen molar-refractivity contribution in [2.45, 2.75) is 50.2 Å². The number of H-pyrrole nitrogens is 1. The lowest BCUT2D eigenvalue weighted by atomic mass is 9.99. The molecular weight excluding hydrogens is 538 g/mol. The minimum atomic E-state index is -3.44. The number of carbonyl (C=O) groups is 2. The summed E-state index contributed by atoms with van der Waals surface area (Å²) in [4.78, 5) is 30.6. The lowest BCUT2D eigenvalue weighted by molar-refractivity contribution is 0.0692. The van der Waals surface area contributed by atoms with E-state index >= 15 is 4.39 Å². The second-order valence-electron chi connectivity index (χ2n) is 10.9. The topological polar surface area (TPSA) is 103 Å². The summed E-state index contributed by atoms with van der Waals surface area (Å²) >= 11 is 0. The summed E-state index contributed by atoms with van der Waals surface area (Å²) in [7, 11) is -3.44. The molecule has 3 aliphatic rings. The Labute approximate surface area is 231 Å². The lowest BCUT2D eigenvalue weighted by Crippen LogP contribution is -2.52. The van der Waals surface area contributed by atoms with Gasteiger partial charge in [0.25, 0.3) is 11.8 Å². The fourth-order valence-electron chi connectivity index (χ4n) is 6.35. The van der Waals surface area contributed by atoms with Crippen LogP contribution in [-0.2, 0) is 16.4 Å². The van der Waals surface area contributed by atoms with Crippen molar-refractivity contribution in [1.29, 1.82) is 0 Å². The van der Waals surface area contributed by atoms with Crippen LogP contribution in [0.4, 0.5) is 8.78 Å². The van der Waals surface area contributed by atoms with Crippen molar-refractivity contribution in [2.24, 2.45) is 0 Å². The SMILES string of the molecule is O=C1NCCc2c(-c3ccc(F)c(C(=O)N4CCN(S(=O)(=O)C5CCCCCC5)CC4)c3)[nH]c3cc(F)cc1c23. The lowest BCUT2D eigenvalue weighted by Gasteiger charge is -2.36. The van der Waals surface area contributed by atoms with E-state index in [1.54, 1.807) is 6.07 Å². The van der Waals surface area contributed by atoms with Gasteiger partial charge in [-0.3, -0.25) is 9.59 Å². The molecule has 0 atom stereocenters. The number of rotatable bonds is 4. The van der Waals surface area contributed by atoms with Gasteiger partial charge in [0.1, 0.15) is 11.6 Å². The maximum Gasteiger partial charge on any atom is 0.256 e. The molecule has 1 aromatic heterocycles. The molecule has 40 heavy (non-hydrogen) atoms. The fraction of sp³-hybridized carbons (Fsp3) is 0.448. The second-order valence-corrected chi connectivity index (χ2v) is 13.1. The van der Waals surface area contributed by atoms with E-state index in [0.717, 1.165) is 31.2 Å². The Hall–Kier alpha value is -3.31. The summed E-state index contributed by atoms with van der Waals surface area (Å²) < 4.78 is 57.2. The summed E-state index contributed by atoms with van der Waals surface area (Å²) in [5, 5.41) is 3.03. The fourth-order valence-corrected chi connectivity index (χ4v) is 8.37. The van der Waals surface area contributed by atoms with Crippen molar-refractivity contribution in [3.8, 4) is 11.3 Å². The number of piperazine rings is 1. The average Bonchev–Trinajstić information content (AvgIpc) is 3.09. The van der Waals surface area contributed by atoms with Gasteiger partial charge in [-0.2, -0.15) is 4.31 Å². The van der Waals surface area contributed by atoms with E-state index in [2.05, 4.69) is 10.3 Å². The highest BCUT2D eigenvalue weighted by molar-refractivity contribution is 7.89. The molecule has 3 heterocycles. The molecule has 0 unspecified atom stereocenters. The quantitative estimate of drug-likeness (QED) is 0.459. The minimum Gasteiger partial charge on any atom is -0.354 e. The van der Waals surface area contributed by atoms with Crippen LogP contribution in [0, 0.1) is 11.6 Å². The van der Waals surface area contributed by atoms with Gasteiger partial charge >= 0.3 is 0 Å². The van der Waals surface area contributed by atoms with E-state index in [9.17, 15) is 22.4 Å². The van der Waals surface area contributed by atoms with Crippen LogP contribution in [0.3, 0.4) is 0 Å². The first-order chi connectivity index (χ1) is 19.2. The van der Waals surface area contributed by atoms with Crippen LogP contribution < -0.4 is 5.32 Å². The smallest absolute Gasteiger partial charge is 0.256 e. The summed E-state index contributed by atoms with van der Waals surface area (Å²) in [6, 6.07) is 6.79. The molecule has 11 heteroatoms. The first-order valence-corrected chi connectivity index (χ1v) is 15.4. The Morgan fingerprint density at radius 1 is 0.950 bits per heavy atom. The van der Waals surface area contributed by atoms with Crippen molar-refractivity contribution in [3.63, 3.8) is 0 Å². The van der Waals surface area contributed by atoms with E-state index in [1.165, 1.54) is 33.5 Å². The van der Waals surface area contributed by atoms with Gasteiger partial charge in [0, 0.05) is 49.3 Å². The van der Waals surface area contributed by atoms with Gasteiger partial charge in [-0.15, -0.1) is 0 Å². The monoisotopic (exact) mass is 570 g/mol. The third kappa shape index (κ3) is 4.79. The van der Waals surface area contributed by atoms with Crippen molar-refractivity contribution >= 4 is 32.7 Å². The molecule has 2 N–H and O–H groups in total. The van der Waals surface area contributed by atoms with Crippen molar-refractivity contribution in [2.75, 3.05) is 32.7 Å². The largest absolute Gasteiger partial charge is 0.354 e. The van der Waals surface area contributed by atoms with Crippen molar-refractivity contribution < 1.29 is 26.8 Å². The van der Waals surface area contributed by atoms with E-state index in [1.807, 2.05) is 0 Å². The first kappa shape index (κ1) is 26.9. The van der Waals surface area contributed by atoms with Crippen LogP contribution in [0.2, 0.25) is 0 Å². The highest BCUT2D eigenvalue weighted by Crippen LogP contribution is 2.35. The van der Waals surface area contributed by atoms with Gasteiger partial charge in [0.2, 0.25) is 10.0 Å². The number of nitrogens with zero attached hydrogens (tertiary/aromatic N) is 2. The third-order valence-electron chi connectivity index (χ3n) is 8.47. The molecule has 6 rings (SSSR count). The molecule has 2 aromatic carbocycles. The van der Waals surface area contributed by atoms with E-state index in [-0.39, 0.29) is 48.5 Å². The van der Waals surface area contributed by atoms with Crippen LogP contribution in [0.5, 0.6) is 0 Å². The predicted molar refractivity (Wildman–Crippen MR) is 148 cm³/mol. The molecule has 212 valence electrons. The van der Waals surface area contributed by atoms with E-state index < -0.39 is 27.6 Å². The zero-order valence-electron chi connectivity index (χ0n) is 22.1. The van der Waals surface area contributed by atoms with Crippen molar-refractivity contribution in [3.05, 3.63) is 58.7 Å². The predicted octanol–water partition coefficient (Wildman–Crippen LogP) is 4.21. The Morgan fingerprint density at radius 3 is 2.40 bits per heavy atom. The first-order valence-electron chi connectivity index (χ1n) is 13.9. The Balaban J connectivity index is 1.25. The zero-order valence-corrected chi connectivity index (χ0v) is 23.0. The number of carbonyl (C=O) groups excluding carboxylic acids is 2. The Bertz CT molecular complexity index is 1590. The van der Waals surface area contributed by atoms with E-state index in [4.69, 9.17) is 0 Å². The Morgan fingerprint density at radius 2 is 1.68 bits per heavy atom. The van der Waals surface area contributed by atoms with Gasteiger partial charge in [0.05, 0.1) is 16.4 Å². The summed E-state index contributed by atoms with van der Waals surface area (Å²) in [6.07, 6.45) is 5.79. The average molecular weight is 571 g/mol. The van der Waals surface area contributed by atoms with Crippen LogP contribution in [0.15, 0.2) is 30.3 Å². The van der Waals surface area contributed by atoms with Crippen LogP contribution in [-0.4, -0.2) is 72.4 Å². The highest BCUT2D eigenvalue weighted by atomic mass is 32.2. The molecule has 2 aliphatic heterocycles. The number of hydrogen-bond donors (Lipinski definition) is 2. The van der Waals surface area contributed by atoms with Crippen LogP contribution >= 0.6 is 0 Å². The van der Waals surface area contributed by atoms with Crippen LogP contribution in [0.25, 0.3) is 22.2 Å². The molecule has 0 spiro atoms. The number of sulfonamides is 1. The van der Waals surface area contributed by atoms with Crippen molar-refractivity contribution in [1.82, 2.24) is 19.5 Å². The summed E-state index contributed by atoms with van der Waals surface area (Å²) in [5.41, 5.74) is 2.53. The summed E-state index contributed by atoms with van der Waals surface area (Å²) in [6.45, 7) is 1.10. The number of halogens is 2. The molecule has 1 saturated carbocycles.